The van der Waals surface area contributed by atoms with Gasteiger partial charge in [-0.1, -0.05) is 0 Å². The predicted octanol–water partition coefficient (Wildman–Crippen LogP) is -0.0750. The number of methoxy groups -OCH3 is 1. The number of rotatable bonds is 3. The van der Waals surface area contributed by atoms with Crippen molar-refractivity contribution in [3.8, 4) is 0 Å². The molecule has 0 aliphatic carbocycles. The van der Waals surface area contributed by atoms with E-state index in [4.69, 9.17) is 4.42 Å². The third kappa shape index (κ3) is 2.13. The summed E-state index contributed by atoms with van der Waals surface area (Å²) in [6, 6.07) is 4.22. The fourth-order valence-electron chi connectivity index (χ4n) is 2.37. The van der Waals surface area contributed by atoms with Crippen molar-refractivity contribution in [1.82, 2.24) is 8.87 Å². The predicted molar refractivity (Wildman–Crippen MR) is 75.7 cm³/mol. The number of fused-ring (bicyclic) bond motifs is 1. The Morgan fingerprint density at radius 2 is 2.05 bits per heavy atom. The zero-order valence-corrected chi connectivity index (χ0v) is 12.8. The number of aryl methyl sites for hydroxylation is 1. The summed E-state index contributed by atoms with van der Waals surface area (Å²) in [5.74, 6) is -1.40. The van der Waals surface area contributed by atoms with Gasteiger partial charge in [0.1, 0.15) is 0 Å². The van der Waals surface area contributed by atoms with E-state index in [1.807, 2.05) is 0 Å². The molecular formula is C13H14N2O6S. The van der Waals surface area contributed by atoms with Gasteiger partial charge >= 0.3 is 11.7 Å². The molecular weight excluding hydrogens is 312 g/mol. The first-order valence-corrected chi connectivity index (χ1v) is 7.96. The highest BCUT2D eigenvalue weighted by molar-refractivity contribution is 7.89. The lowest BCUT2D eigenvalue weighted by atomic mass is 10.0. The molecule has 0 bridgehead atoms. The van der Waals surface area contributed by atoms with Gasteiger partial charge in [0.25, 0.3) is 0 Å². The molecule has 0 unspecified atom stereocenters. The molecule has 0 saturated carbocycles. The summed E-state index contributed by atoms with van der Waals surface area (Å²) >= 11 is 0. The quantitative estimate of drug-likeness (QED) is 0.732. The van der Waals surface area contributed by atoms with Gasteiger partial charge in [0.05, 0.1) is 23.4 Å². The molecule has 0 atom stereocenters. The monoisotopic (exact) mass is 326 g/mol. The average Bonchev–Trinajstić information content (AvgIpc) is 2.71. The summed E-state index contributed by atoms with van der Waals surface area (Å²) in [5, 5.41) is 0. The van der Waals surface area contributed by atoms with Crippen LogP contribution in [-0.4, -0.2) is 43.5 Å². The zero-order chi connectivity index (χ0) is 16.1. The van der Waals surface area contributed by atoms with E-state index < -0.39 is 27.7 Å². The molecule has 1 saturated heterocycles. The highest BCUT2D eigenvalue weighted by Gasteiger charge is 2.41. The maximum Gasteiger partial charge on any atom is 0.419 e. The fraction of sp³-hybridized carbons (Fsp3) is 0.385. The Balaban J connectivity index is 1.92. The van der Waals surface area contributed by atoms with Crippen molar-refractivity contribution >= 4 is 27.1 Å². The van der Waals surface area contributed by atoms with E-state index in [2.05, 4.69) is 4.74 Å². The molecule has 1 aromatic carbocycles. The fourth-order valence-corrected chi connectivity index (χ4v) is 3.92. The highest BCUT2D eigenvalue weighted by Crippen LogP contribution is 2.27. The van der Waals surface area contributed by atoms with Crippen molar-refractivity contribution in [2.24, 2.45) is 13.0 Å². The minimum Gasteiger partial charge on any atom is -0.469 e. The SMILES string of the molecule is COC(=O)C1CN(S(=O)(=O)c2ccc3oc(=O)n(C)c3c2)C1. The maximum atomic E-state index is 12.5. The van der Waals surface area contributed by atoms with Gasteiger partial charge in [-0.15, -0.1) is 0 Å². The number of hydrogen-bond acceptors (Lipinski definition) is 6. The van der Waals surface area contributed by atoms with E-state index in [0.717, 1.165) is 0 Å². The molecule has 1 aliphatic rings. The van der Waals surface area contributed by atoms with E-state index >= 15 is 0 Å². The number of carbonyl (C=O) groups excluding carboxylic acids is 1. The van der Waals surface area contributed by atoms with Crippen molar-refractivity contribution in [3.05, 3.63) is 28.7 Å². The van der Waals surface area contributed by atoms with Crippen molar-refractivity contribution in [2.75, 3.05) is 20.2 Å². The second kappa shape index (κ2) is 4.96. The molecule has 1 fully saturated rings. The number of ether oxygens (including phenoxy) is 1. The standard InChI is InChI=1S/C13H14N2O6S/c1-14-10-5-9(3-4-11(10)21-13(14)17)22(18,19)15-6-8(7-15)12(16)20-2/h3-5,8H,6-7H2,1-2H3. The van der Waals surface area contributed by atoms with Crippen LogP contribution in [0.25, 0.3) is 11.1 Å². The molecule has 9 heteroatoms. The molecule has 0 spiro atoms. The third-order valence-electron chi connectivity index (χ3n) is 3.78. The van der Waals surface area contributed by atoms with Gasteiger partial charge < -0.3 is 9.15 Å². The van der Waals surface area contributed by atoms with Gasteiger partial charge in [-0.2, -0.15) is 4.31 Å². The van der Waals surface area contributed by atoms with Gasteiger partial charge in [0.15, 0.2) is 5.58 Å². The smallest absolute Gasteiger partial charge is 0.419 e. The Hall–Kier alpha value is -2.13. The summed E-state index contributed by atoms with van der Waals surface area (Å²) in [6.45, 7) is 0.189. The van der Waals surface area contributed by atoms with Gasteiger partial charge in [-0.3, -0.25) is 9.36 Å². The van der Waals surface area contributed by atoms with Crippen LogP contribution in [0.3, 0.4) is 0 Å². The van der Waals surface area contributed by atoms with E-state index in [0.29, 0.717) is 11.1 Å². The molecule has 118 valence electrons. The molecule has 8 nitrogen and oxygen atoms in total. The van der Waals surface area contributed by atoms with E-state index in [1.54, 1.807) is 0 Å². The summed E-state index contributed by atoms with van der Waals surface area (Å²) in [4.78, 5) is 22.8. The lowest BCUT2D eigenvalue weighted by molar-refractivity contribution is -0.149. The van der Waals surface area contributed by atoms with Crippen molar-refractivity contribution in [1.29, 1.82) is 0 Å². The number of aromatic nitrogens is 1. The molecule has 22 heavy (non-hydrogen) atoms. The lowest BCUT2D eigenvalue weighted by Crippen LogP contribution is -2.53. The van der Waals surface area contributed by atoms with Gasteiger partial charge in [0.2, 0.25) is 10.0 Å². The second-order valence-corrected chi connectivity index (χ2v) is 7.04. The van der Waals surface area contributed by atoms with Crippen LogP contribution in [0.4, 0.5) is 0 Å². The van der Waals surface area contributed by atoms with Gasteiger partial charge in [0, 0.05) is 20.1 Å². The van der Waals surface area contributed by atoms with Gasteiger partial charge in [-0.25, -0.2) is 13.2 Å². The first-order chi connectivity index (χ1) is 10.3. The zero-order valence-electron chi connectivity index (χ0n) is 12.0. The van der Waals surface area contributed by atoms with Crippen molar-refractivity contribution in [3.63, 3.8) is 0 Å². The number of hydrogen-bond donors (Lipinski definition) is 0. The van der Waals surface area contributed by atoms with Crippen LogP contribution in [0, 0.1) is 5.92 Å². The normalized spacial score (nSPS) is 16.6. The average molecular weight is 326 g/mol. The number of oxazole rings is 1. The number of nitrogens with zero attached hydrogens (tertiary/aromatic N) is 2. The Kier molecular flexibility index (Phi) is 3.33. The van der Waals surface area contributed by atoms with Crippen LogP contribution in [0.15, 0.2) is 32.3 Å². The number of esters is 1. The van der Waals surface area contributed by atoms with E-state index in [9.17, 15) is 18.0 Å². The molecule has 2 heterocycles. The number of carbonyl (C=O) groups is 1. The third-order valence-corrected chi connectivity index (χ3v) is 5.61. The summed E-state index contributed by atoms with van der Waals surface area (Å²) in [5.41, 5.74) is 0.721. The largest absolute Gasteiger partial charge is 0.469 e. The Bertz CT molecular complexity index is 904. The summed E-state index contributed by atoms with van der Waals surface area (Å²) in [6.07, 6.45) is 0. The molecule has 0 radical (unpaired) electrons. The maximum absolute atomic E-state index is 12.5. The Morgan fingerprint density at radius 3 is 2.68 bits per heavy atom. The minimum atomic E-state index is -3.71. The van der Waals surface area contributed by atoms with Crippen molar-refractivity contribution in [2.45, 2.75) is 4.90 Å². The van der Waals surface area contributed by atoms with Crippen LogP contribution >= 0.6 is 0 Å². The minimum absolute atomic E-state index is 0.0553. The van der Waals surface area contributed by atoms with Crippen LogP contribution in [0.2, 0.25) is 0 Å². The topological polar surface area (TPSA) is 98.8 Å². The van der Waals surface area contributed by atoms with E-state index in [-0.39, 0.29) is 18.0 Å². The molecule has 3 rings (SSSR count). The first-order valence-electron chi connectivity index (χ1n) is 6.52. The second-order valence-electron chi connectivity index (χ2n) is 5.10. The molecule has 1 aliphatic heterocycles. The van der Waals surface area contributed by atoms with Crippen LogP contribution in [0.5, 0.6) is 0 Å². The lowest BCUT2D eigenvalue weighted by Gasteiger charge is -2.36. The Labute approximate surface area is 125 Å². The molecule has 0 amide bonds. The van der Waals surface area contributed by atoms with Crippen LogP contribution < -0.4 is 5.76 Å². The van der Waals surface area contributed by atoms with Crippen LogP contribution in [-0.2, 0) is 26.6 Å². The first kappa shape index (κ1) is 14.8. The summed E-state index contributed by atoms with van der Waals surface area (Å²) < 4.78 is 37.0. The van der Waals surface area contributed by atoms with Crippen LogP contribution in [0.1, 0.15) is 0 Å². The number of sulfonamides is 1. The highest BCUT2D eigenvalue weighted by atomic mass is 32.2. The number of benzene rings is 1. The molecule has 1 aromatic heterocycles. The van der Waals surface area contributed by atoms with Gasteiger partial charge in [-0.05, 0) is 18.2 Å². The van der Waals surface area contributed by atoms with Crippen molar-refractivity contribution < 1.29 is 22.4 Å². The summed E-state index contributed by atoms with van der Waals surface area (Å²) in [7, 11) is -0.935. The Morgan fingerprint density at radius 1 is 1.36 bits per heavy atom. The van der Waals surface area contributed by atoms with E-state index in [1.165, 1.54) is 41.2 Å². The molecule has 2 aromatic rings. The molecule has 0 N–H and O–H groups in total.